The van der Waals surface area contributed by atoms with E-state index in [0.29, 0.717) is 4.60 Å². The number of aromatic nitrogens is 2. The maximum atomic E-state index is 11.8. The summed E-state index contributed by atoms with van der Waals surface area (Å²) in [6.07, 6.45) is 2.76. The van der Waals surface area contributed by atoms with E-state index in [2.05, 4.69) is 31.2 Å². The molecule has 0 unspecified atom stereocenters. The summed E-state index contributed by atoms with van der Waals surface area (Å²) in [5.41, 5.74) is -0.206. The molecule has 0 aliphatic carbocycles. The molecule has 0 fully saturated rings. The molecule has 2 aromatic rings. The minimum absolute atomic E-state index is 0.206. The fourth-order valence-corrected chi connectivity index (χ4v) is 1.52. The first-order valence-electron chi connectivity index (χ1n) is 4.88. The number of carbonyl (C=O) groups excluding carboxylic acids is 1. The molecule has 1 amide bonds. The predicted octanol–water partition coefficient (Wildman–Crippen LogP) is 1.90. The van der Waals surface area contributed by atoms with E-state index < -0.39 is 5.91 Å². The van der Waals surface area contributed by atoms with Crippen molar-refractivity contribution in [2.45, 2.75) is 0 Å². The van der Waals surface area contributed by atoms with Crippen molar-refractivity contribution >= 4 is 27.7 Å². The molecule has 0 radical (unpaired) electrons. The Bertz CT molecular complexity index is 566. The number of halogens is 1. The molecule has 0 bridgehead atoms. The van der Waals surface area contributed by atoms with Crippen molar-refractivity contribution in [3.05, 3.63) is 40.8 Å². The van der Waals surface area contributed by atoms with Crippen LogP contribution in [0.5, 0.6) is 11.5 Å². The molecule has 18 heavy (non-hydrogen) atoms. The SMILES string of the molecule is O=C(Nc1cnc(Br)cn1)c1c(O)cccc1O. The molecule has 3 N–H and O–H groups in total. The number of benzene rings is 1. The second-order valence-electron chi connectivity index (χ2n) is 3.35. The van der Waals surface area contributed by atoms with Gasteiger partial charge in [-0.15, -0.1) is 0 Å². The van der Waals surface area contributed by atoms with Crippen LogP contribution in [0.25, 0.3) is 0 Å². The van der Waals surface area contributed by atoms with Crippen molar-refractivity contribution in [3.8, 4) is 11.5 Å². The lowest BCUT2D eigenvalue weighted by Crippen LogP contribution is -2.13. The number of phenolic OH excluding ortho intramolecular Hbond substituents is 2. The van der Waals surface area contributed by atoms with Crippen LogP contribution in [0, 0.1) is 0 Å². The largest absolute Gasteiger partial charge is 0.507 e. The Morgan fingerprint density at radius 1 is 1.17 bits per heavy atom. The van der Waals surface area contributed by atoms with Crippen molar-refractivity contribution in [2.24, 2.45) is 0 Å². The molecule has 2 rings (SSSR count). The quantitative estimate of drug-likeness (QED) is 0.787. The highest BCUT2D eigenvalue weighted by Crippen LogP contribution is 2.26. The Morgan fingerprint density at radius 3 is 2.39 bits per heavy atom. The third-order valence-corrected chi connectivity index (χ3v) is 2.52. The lowest BCUT2D eigenvalue weighted by molar-refractivity contribution is 0.102. The zero-order valence-electron chi connectivity index (χ0n) is 8.96. The van der Waals surface area contributed by atoms with E-state index in [-0.39, 0.29) is 22.9 Å². The average molecular weight is 310 g/mol. The molecule has 1 heterocycles. The lowest BCUT2D eigenvalue weighted by atomic mass is 10.1. The number of hydrogen-bond acceptors (Lipinski definition) is 5. The summed E-state index contributed by atoms with van der Waals surface area (Å²) >= 11 is 3.11. The van der Waals surface area contributed by atoms with E-state index in [1.54, 1.807) is 0 Å². The molecule has 0 atom stereocenters. The van der Waals surface area contributed by atoms with Crippen LogP contribution in [0.1, 0.15) is 10.4 Å². The fraction of sp³-hybridized carbons (Fsp3) is 0. The fourth-order valence-electron chi connectivity index (χ4n) is 1.32. The summed E-state index contributed by atoms with van der Waals surface area (Å²) in [5.74, 6) is -1.07. The molecule has 6 nitrogen and oxygen atoms in total. The molecule has 1 aromatic carbocycles. The number of nitrogens with zero attached hydrogens (tertiary/aromatic N) is 2. The minimum Gasteiger partial charge on any atom is -0.507 e. The van der Waals surface area contributed by atoms with Crippen LogP contribution >= 0.6 is 15.9 Å². The number of hydrogen-bond donors (Lipinski definition) is 3. The van der Waals surface area contributed by atoms with Crippen LogP contribution in [0.3, 0.4) is 0 Å². The van der Waals surface area contributed by atoms with Crippen molar-refractivity contribution in [1.82, 2.24) is 9.97 Å². The van der Waals surface area contributed by atoms with E-state index in [9.17, 15) is 15.0 Å². The van der Waals surface area contributed by atoms with Crippen molar-refractivity contribution in [2.75, 3.05) is 5.32 Å². The summed E-state index contributed by atoms with van der Waals surface area (Å²) in [7, 11) is 0. The molecular formula is C11H8BrN3O3. The molecule has 0 saturated carbocycles. The Labute approximate surface area is 110 Å². The molecule has 0 aliphatic rings. The zero-order chi connectivity index (χ0) is 13.1. The van der Waals surface area contributed by atoms with Gasteiger partial charge in [0.05, 0.1) is 12.4 Å². The normalized spacial score (nSPS) is 10.1. The standard InChI is InChI=1S/C11H8BrN3O3/c12-8-4-14-9(5-13-8)15-11(18)10-6(16)2-1-3-7(10)17/h1-5,16-17H,(H,14,15,18). The highest BCUT2D eigenvalue weighted by molar-refractivity contribution is 9.10. The van der Waals surface area contributed by atoms with Gasteiger partial charge >= 0.3 is 0 Å². The summed E-state index contributed by atoms with van der Waals surface area (Å²) in [4.78, 5) is 19.6. The van der Waals surface area contributed by atoms with Crippen LogP contribution in [0.4, 0.5) is 5.82 Å². The van der Waals surface area contributed by atoms with Crippen LogP contribution in [-0.2, 0) is 0 Å². The second-order valence-corrected chi connectivity index (χ2v) is 4.16. The smallest absolute Gasteiger partial charge is 0.264 e. The van der Waals surface area contributed by atoms with Crippen LogP contribution in [0.2, 0.25) is 0 Å². The molecule has 7 heteroatoms. The Hall–Kier alpha value is -2.15. The summed E-state index contributed by atoms with van der Waals surface area (Å²) in [6.45, 7) is 0. The van der Waals surface area contributed by atoms with E-state index in [4.69, 9.17) is 0 Å². The van der Waals surface area contributed by atoms with Crippen LogP contribution < -0.4 is 5.32 Å². The Kier molecular flexibility index (Phi) is 3.42. The minimum atomic E-state index is -0.665. The molecule has 0 spiro atoms. The van der Waals surface area contributed by atoms with E-state index in [1.165, 1.54) is 30.6 Å². The van der Waals surface area contributed by atoms with Gasteiger partial charge in [0.15, 0.2) is 5.82 Å². The first-order chi connectivity index (χ1) is 8.58. The molecular weight excluding hydrogens is 302 g/mol. The van der Waals surface area contributed by atoms with E-state index in [0.717, 1.165) is 0 Å². The van der Waals surface area contributed by atoms with Gasteiger partial charge in [-0.2, -0.15) is 0 Å². The maximum absolute atomic E-state index is 11.8. The number of aromatic hydroxyl groups is 2. The highest BCUT2D eigenvalue weighted by atomic mass is 79.9. The van der Waals surface area contributed by atoms with Gasteiger partial charge < -0.3 is 15.5 Å². The summed E-state index contributed by atoms with van der Waals surface area (Å²) in [6, 6.07) is 4.05. The first-order valence-corrected chi connectivity index (χ1v) is 5.67. The van der Waals surface area contributed by atoms with Crippen LogP contribution in [0.15, 0.2) is 35.2 Å². The van der Waals surface area contributed by atoms with Gasteiger partial charge in [0.2, 0.25) is 0 Å². The molecule has 92 valence electrons. The van der Waals surface area contributed by atoms with Crippen molar-refractivity contribution < 1.29 is 15.0 Å². The van der Waals surface area contributed by atoms with Gasteiger partial charge in [0.1, 0.15) is 21.7 Å². The van der Waals surface area contributed by atoms with Gasteiger partial charge in [-0.05, 0) is 28.1 Å². The lowest BCUT2D eigenvalue weighted by Gasteiger charge is -2.07. The second kappa shape index (κ2) is 5.01. The average Bonchev–Trinajstić information content (AvgIpc) is 2.32. The Balaban J connectivity index is 2.25. The van der Waals surface area contributed by atoms with Crippen molar-refractivity contribution in [1.29, 1.82) is 0 Å². The van der Waals surface area contributed by atoms with Gasteiger partial charge in [-0.3, -0.25) is 4.79 Å². The molecule has 1 aromatic heterocycles. The number of nitrogens with one attached hydrogen (secondary N) is 1. The summed E-state index contributed by atoms with van der Waals surface area (Å²) < 4.78 is 0.533. The number of phenols is 2. The summed E-state index contributed by atoms with van der Waals surface area (Å²) in [5, 5.41) is 21.5. The third-order valence-electron chi connectivity index (χ3n) is 2.11. The van der Waals surface area contributed by atoms with E-state index >= 15 is 0 Å². The monoisotopic (exact) mass is 309 g/mol. The molecule has 0 saturated heterocycles. The molecule has 0 aliphatic heterocycles. The predicted molar refractivity (Wildman–Crippen MR) is 67.5 cm³/mol. The highest BCUT2D eigenvalue weighted by Gasteiger charge is 2.16. The zero-order valence-corrected chi connectivity index (χ0v) is 10.5. The topological polar surface area (TPSA) is 95.3 Å². The van der Waals surface area contributed by atoms with Gasteiger partial charge in [0, 0.05) is 0 Å². The van der Waals surface area contributed by atoms with Gasteiger partial charge in [-0.1, -0.05) is 6.07 Å². The van der Waals surface area contributed by atoms with Crippen LogP contribution in [-0.4, -0.2) is 26.1 Å². The van der Waals surface area contributed by atoms with Gasteiger partial charge in [-0.25, -0.2) is 9.97 Å². The maximum Gasteiger partial charge on any atom is 0.264 e. The number of rotatable bonds is 2. The van der Waals surface area contributed by atoms with Gasteiger partial charge in [0.25, 0.3) is 5.91 Å². The van der Waals surface area contributed by atoms with E-state index in [1.807, 2.05) is 0 Å². The van der Waals surface area contributed by atoms with Crippen molar-refractivity contribution in [3.63, 3.8) is 0 Å². The Morgan fingerprint density at radius 2 is 1.83 bits per heavy atom. The number of anilines is 1. The first kappa shape index (κ1) is 12.3. The number of amides is 1. The number of carbonyl (C=O) groups is 1. The third kappa shape index (κ3) is 2.57.